The minimum atomic E-state index is -3.34. The maximum absolute atomic E-state index is 12.6. The minimum Gasteiger partial charge on any atom is -0.399 e. The SMILES string of the molecule is CS(=O)(=O)Nc1ccc(CC2NC(=O)N(CCc3ccc(N)cc3)C2=O)cc1. The minimum absolute atomic E-state index is 0.265. The van der Waals surface area contributed by atoms with Gasteiger partial charge in [-0.1, -0.05) is 24.3 Å². The fourth-order valence-electron chi connectivity index (χ4n) is 3.01. The molecule has 1 saturated heterocycles. The maximum Gasteiger partial charge on any atom is 0.324 e. The van der Waals surface area contributed by atoms with Crippen molar-refractivity contribution >= 4 is 33.3 Å². The molecule has 3 rings (SSSR count). The highest BCUT2D eigenvalue weighted by Gasteiger charge is 2.37. The molecule has 0 aliphatic carbocycles. The summed E-state index contributed by atoms with van der Waals surface area (Å²) >= 11 is 0. The van der Waals surface area contributed by atoms with Crippen LogP contribution >= 0.6 is 0 Å². The molecular weight excluding hydrogens is 380 g/mol. The first-order valence-electron chi connectivity index (χ1n) is 8.74. The van der Waals surface area contributed by atoms with Gasteiger partial charge in [-0.15, -0.1) is 0 Å². The third-order valence-electron chi connectivity index (χ3n) is 4.41. The van der Waals surface area contributed by atoms with Crippen LogP contribution in [-0.2, 0) is 27.7 Å². The Kier molecular flexibility index (Phi) is 5.55. The van der Waals surface area contributed by atoms with Crippen LogP contribution in [0.3, 0.4) is 0 Å². The molecule has 0 spiro atoms. The monoisotopic (exact) mass is 402 g/mol. The second-order valence-electron chi connectivity index (χ2n) is 6.76. The lowest BCUT2D eigenvalue weighted by molar-refractivity contribution is -0.127. The number of anilines is 2. The summed E-state index contributed by atoms with van der Waals surface area (Å²) in [4.78, 5) is 26.0. The number of nitrogens with two attached hydrogens (primary N) is 1. The molecule has 0 aromatic heterocycles. The Balaban J connectivity index is 1.59. The number of hydrogen-bond donors (Lipinski definition) is 3. The second kappa shape index (κ2) is 7.89. The molecule has 1 atom stereocenters. The molecule has 9 heteroatoms. The Morgan fingerprint density at radius 1 is 1.04 bits per heavy atom. The normalized spacial score (nSPS) is 16.9. The predicted molar refractivity (Wildman–Crippen MR) is 107 cm³/mol. The fourth-order valence-corrected chi connectivity index (χ4v) is 3.58. The summed E-state index contributed by atoms with van der Waals surface area (Å²) in [5.41, 5.74) is 8.57. The van der Waals surface area contributed by atoms with E-state index in [4.69, 9.17) is 5.73 Å². The van der Waals surface area contributed by atoms with Crippen molar-refractivity contribution < 1.29 is 18.0 Å². The van der Waals surface area contributed by atoms with E-state index < -0.39 is 22.1 Å². The molecule has 1 heterocycles. The lowest BCUT2D eigenvalue weighted by Crippen LogP contribution is -2.33. The van der Waals surface area contributed by atoms with E-state index in [2.05, 4.69) is 10.0 Å². The molecule has 28 heavy (non-hydrogen) atoms. The average molecular weight is 402 g/mol. The van der Waals surface area contributed by atoms with Crippen LogP contribution in [0.15, 0.2) is 48.5 Å². The standard InChI is InChI=1S/C19H22N4O4S/c1-28(26,27)22-16-8-4-14(5-9-16)12-17-18(24)23(19(25)21-17)11-10-13-2-6-15(20)7-3-13/h2-9,17,22H,10-12,20H2,1H3,(H,21,25). The van der Waals surface area contributed by atoms with E-state index in [9.17, 15) is 18.0 Å². The van der Waals surface area contributed by atoms with Crippen molar-refractivity contribution in [2.75, 3.05) is 23.3 Å². The van der Waals surface area contributed by atoms with E-state index in [1.54, 1.807) is 36.4 Å². The Hall–Kier alpha value is -3.07. The zero-order valence-electron chi connectivity index (χ0n) is 15.4. The molecule has 2 aromatic carbocycles. The van der Waals surface area contributed by atoms with Gasteiger partial charge in [0, 0.05) is 24.3 Å². The number of benzene rings is 2. The van der Waals surface area contributed by atoms with Gasteiger partial charge in [0.25, 0.3) is 5.91 Å². The number of nitrogens with one attached hydrogen (secondary N) is 2. The summed E-state index contributed by atoms with van der Waals surface area (Å²) < 4.78 is 24.9. The van der Waals surface area contributed by atoms with Crippen LogP contribution in [0.4, 0.5) is 16.2 Å². The predicted octanol–water partition coefficient (Wildman–Crippen LogP) is 1.35. The number of imide groups is 1. The quantitative estimate of drug-likeness (QED) is 0.477. The molecule has 1 unspecified atom stereocenters. The highest BCUT2D eigenvalue weighted by molar-refractivity contribution is 7.92. The molecule has 0 bridgehead atoms. The number of urea groups is 1. The first-order valence-corrected chi connectivity index (χ1v) is 10.6. The Morgan fingerprint density at radius 3 is 2.25 bits per heavy atom. The van der Waals surface area contributed by atoms with Crippen molar-refractivity contribution in [3.63, 3.8) is 0 Å². The van der Waals surface area contributed by atoms with E-state index >= 15 is 0 Å². The molecular formula is C19H22N4O4S. The summed E-state index contributed by atoms with van der Waals surface area (Å²) in [6, 6.07) is 13.0. The van der Waals surface area contributed by atoms with E-state index in [0.717, 1.165) is 17.4 Å². The topological polar surface area (TPSA) is 122 Å². The van der Waals surface area contributed by atoms with Crippen molar-refractivity contribution in [1.82, 2.24) is 10.2 Å². The van der Waals surface area contributed by atoms with Crippen LogP contribution in [0.2, 0.25) is 0 Å². The molecule has 1 aliphatic rings. The van der Waals surface area contributed by atoms with Gasteiger partial charge in [0.1, 0.15) is 6.04 Å². The number of carbonyl (C=O) groups is 2. The van der Waals surface area contributed by atoms with Gasteiger partial charge in [-0.2, -0.15) is 0 Å². The molecule has 3 amide bonds. The number of carbonyl (C=O) groups excluding carboxylic acids is 2. The van der Waals surface area contributed by atoms with Gasteiger partial charge < -0.3 is 11.1 Å². The van der Waals surface area contributed by atoms with Gasteiger partial charge in [0.15, 0.2) is 0 Å². The Bertz CT molecular complexity index is 972. The van der Waals surface area contributed by atoms with Crippen molar-refractivity contribution in [3.05, 3.63) is 59.7 Å². The van der Waals surface area contributed by atoms with E-state index in [1.807, 2.05) is 12.1 Å². The van der Waals surface area contributed by atoms with Gasteiger partial charge >= 0.3 is 6.03 Å². The zero-order chi connectivity index (χ0) is 20.3. The summed E-state index contributed by atoms with van der Waals surface area (Å²) in [6.45, 7) is 0.294. The summed E-state index contributed by atoms with van der Waals surface area (Å²) in [5, 5.41) is 2.71. The van der Waals surface area contributed by atoms with E-state index in [-0.39, 0.29) is 5.91 Å². The first kappa shape index (κ1) is 19.7. The largest absolute Gasteiger partial charge is 0.399 e. The average Bonchev–Trinajstić information content (AvgIpc) is 2.88. The van der Waals surface area contributed by atoms with Gasteiger partial charge in [-0.05, 0) is 41.8 Å². The van der Waals surface area contributed by atoms with E-state index in [0.29, 0.717) is 30.8 Å². The summed E-state index contributed by atoms with van der Waals surface area (Å²) in [5.74, 6) is -0.265. The number of nitrogens with zero attached hydrogens (tertiary/aromatic N) is 1. The van der Waals surface area contributed by atoms with Gasteiger partial charge in [-0.25, -0.2) is 13.2 Å². The Labute approximate surface area is 163 Å². The molecule has 0 saturated carbocycles. The lowest BCUT2D eigenvalue weighted by Gasteiger charge is -2.13. The molecule has 0 radical (unpaired) electrons. The van der Waals surface area contributed by atoms with Gasteiger partial charge in [0.2, 0.25) is 10.0 Å². The van der Waals surface area contributed by atoms with Gasteiger partial charge in [0.05, 0.1) is 6.26 Å². The van der Waals surface area contributed by atoms with E-state index in [1.165, 1.54) is 4.90 Å². The summed E-state index contributed by atoms with van der Waals surface area (Å²) in [6.07, 6.45) is 1.97. The number of rotatable bonds is 7. The summed E-state index contributed by atoms with van der Waals surface area (Å²) in [7, 11) is -3.34. The van der Waals surface area contributed by atoms with Crippen LogP contribution < -0.4 is 15.8 Å². The highest BCUT2D eigenvalue weighted by Crippen LogP contribution is 2.16. The Morgan fingerprint density at radius 2 is 1.64 bits per heavy atom. The van der Waals surface area contributed by atoms with Crippen molar-refractivity contribution in [3.8, 4) is 0 Å². The van der Waals surface area contributed by atoms with Crippen LogP contribution in [0.1, 0.15) is 11.1 Å². The molecule has 148 valence electrons. The van der Waals surface area contributed by atoms with Crippen molar-refractivity contribution in [1.29, 1.82) is 0 Å². The number of nitrogen functional groups attached to an aromatic ring is 1. The molecule has 8 nitrogen and oxygen atoms in total. The van der Waals surface area contributed by atoms with Crippen LogP contribution in [-0.4, -0.2) is 44.1 Å². The smallest absolute Gasteiger partial charge is 0.324 e. The highest BCUT2D eigenvalue weighted by atomic mass is 32.2. The van der Waals surface area contributed by atoms with Crippen molar-refractivity contribution in [2.45, 2.75) is 18.9 Å². The number of hydrogen-bond acceptors (Lipinski definition) is 5. The van der Waals surface area contributed by atoms with Crippen molar-refractivity contribution in [2.24, 2.45) is 0 Å². The van der Waals surface area contributed by atoms with Crippen LogP contribution in [0, 0.1) is 0 Å². The number of amides is 3. The zero-order valence-corrected chi connectivity index (χ0v) is 16.2. The first-order chi connectivity index (χ1) is 13.2. The third-order valence-corrected chi connectivity index (χ3v) is 5.01. The molecule has 4 N–H and O–H groups in total. The fraction of sp³-hybridized carbons (Fsp3) is 0.263. The number of sulfonamides is 1. The molecule has 2 aromatic rings. The van der Waals surface area contributed by atoms with Crippen LogP contribution in [0.25, 0.3) is 0 Å². The second-order valence-corrected chi connectivity index (χ2v) is 8.51. The molecule has 1 fully saturated rings. The maximum atomic E-state index is 12.6. The molecule has 1 aliphatic heterocycles. The third kappa shape index (κ3) is 5.01. The van der Waals surface area contributed by atoms with Crippen LogP contribution in [0.5, 0.6) is 0 Å². The van der Waals surface area contributed by atoms with Gasteiger partial charge in [-0.3, -0.25) is 14.4 Å². The lowest BCUT2D eigenvalue weighted by atomic mass is 10.1.